The highest BCUT2D eigenvalue weighted by Crippen LogP contribution is 2.04. The van der Waals surface area contributed by atoms with E-state index in [1.807, 2.05) is 47.8 Å². The zero-order chi connectivity index (χ0) is 14.2. The Morgan fingerprint density at radius 1 is 1.10 bits per heavy atom. The number of hydrogen-bond acceptors (Lipinski definition) is 4. The van der Waals surface area contributed by atoms with Crippen molar-refractivity contribution >= 4 is 29.4 Å². The molecule has 2 amide bonds. The molecule has 1 aromatic heterocycles. The molecule has 0 radical (unpaired) electrons. The molecule has 2 N–H and O–H groups in total. The van der Waals surface area contributed by atoms with E-state index in [4.69, 9.17) is 0 Å². The maximum atomic E-state index is 11.5. The number of hydrogen-bond donors (Lipinski definition) is 2. The molecule has 2 rings (SSSR count). The molecular weight excluding hydrogens is 274 g/mol. The van der Waals surface area contributed by atoms with E-state index in [1.54, 1.807) is 0 Å². The van der Waals surface area contributed by atoms with Crippen molar-refractivity contribution in [2.45, 2.75) is 6.54 Å². The van der Waals surface area contributed by atoms with Crippen molar-refractivity contribution in [2.24, 2.45) is 5.10 Å². The van der Waals surface area contributed by atoms with Crippen molar-refractivity contribution in [3.63, 3.8) is 0 Å². The average Bonchev–Trinajstić information content (AvgIpc) is 2.99. The summed E-state index contributed by atoms with van der Waals surface area (Å²) in [5.74, 6) is -1.49. The highest BCUT2D eigenvalue weighted by atomic mass is 32.1. The third kappa shape index (κ3) is 4.33. The minimum Gasteiger partial charge on any atom is -0.344 e. The lowest BCUT2D eigenvalue weighted by Gasteiger charge is -2.03. The fourth-order valence-corrected chi connectivity index (χ4v) is 2.01. The Morgan fingerprint density at radius 2 is 1.90 bits per heavy atom. The van der Waals surface area contributed by atoms with Crippen LogP contribution in [0.4, 0.5) is 0 Å². The van der Waals surface area contributed by atoms with Gasteiger partial charge in [-0.3, -0.25) is 9.59 Å². The van der Waals surface area contributed by atoms with Crippen molar-refractivity contribution < 1.29 is 9.59 Å². The Labute approximate surface area is 120 Å². The fraction of sp³-hybridized carbons (Fsp3) is 0.0714. The molecule has 5 nitrogen and oxygen atoms in total. The largest absolute Gasteiger partial charge is 0.344 e. The number of thiophene rings is 1. The summed E-state index contributed by atoms with van der Waals surface area (Å²) in [5, 5.41) is 8.13. The lowest BCUT2D eigenvalue weighted by Crippen LogP contribution is -2.37. The van der Waals surface area contributed by atoms with Gasteiger partial charge in [-0.15, -0.1) is 11.3 Å². The van der Waals surface area contributed by atoms with Gasteiger partial charge in [0.05, 0.1) is 6.21 Å². The van der Waals surface area contributed by atoms with Crippen LogP contribution in [0.25, 0.3) is 0 Å². The molecular formula is C14H13N3O2S. The summed E-state index contributed by atoms with van der Waals surface area (Å²) < 4.78 is 0. The number of amides is 2. The number of hydrazone groups is 1. The lowest BCUT2D eigenvalue weighted by molar-refractivity contribution is -0.139. The molecule has 0 spiro atoms. The molecule has 20 heavy (non-hydrogen) atoms. The summed E-state index contributed by atoms with van der Waals surface area (Å²) >= 11 is 1.49. The second-order valence-corrected chi connectivity index (χ2v) is 4.86. The van der Waals surface area contributed by atoms with E-state index < -0.39 is 11.8 Å². The first-order valence-electron chi connectivity index (χ1n) is 5.94. The van der Waals surface area contributed by atoms with E-state index >= 15 is 0 Å². The van der Waals surface area contributed by atoms with E-state index in [9.17, 15) is 9.59 Å². The maximum absolute atomic E-state index is 11.5. The molecule has 1 heterocycles. The molecule has 1 aromatic carbocycles. The summed E-state index contributed by atoms with van der Waals surface area (Å²) in [6.45, 7) is 0.307. The minimum absolute atomic E-state index is 0.307. The number of rotatable bonds is 4. The highest BCUT2D eigenvalue weighted by Gasteiger charge is 2.11. The predicted molar refractivity (Wildman–Crippen MR) is 78.3 cm³/mol. The summed E-state index contributed by atoms with van der Waals surface area (Å²) in [4.78, 5) is 23.9. The number of nitrogens with zero attached hydrogens (tertiary/aromatic N) is 1. The fourth-order valence-electron chi connectivity index (χ4n) is 1.43. The Kier molecular flexibility index (Phi) is 5.02. The van der Waals surface area contributed by atoms with E-state index in [1.165, 1.54) is 17.6 Å². The van der Waals surface area contributed by atoms with Crippen molar-refractivity contribution in [3.8, 4) is 0 Å². The molecule has 6 heteroatoms. The molecule has 0 fully saturated rings. The van der Waals surface area contributed by atoms with E-state index in [0.717, 1.165) is 10.4 Å². The second-order valence-electron chi connectivity index (χ2n) is 3.88. The van der Waals surface area contributed by atoms with Gasteiger partial charge in [0.15, 0.2) is 0 Å². The average molecular weight is 287 g/mol. The van der Waals surface area contributed by atoms with E-state index in [-0.39, 0.29) is 0 Å². The zero-order valence-electron chi connectivity index (χ0n) is 10.6. The van der Waals surface area contributed by atoms with Crippen molar-refractivity contribution in [2.75, 3.05) is 0 Å². The van der Waals surface area contributed by atoms with Gasteiger partial charge in [-0.25, -0.2) is 5.43 Å². The lowest BCUT2D eigenvalue weighted by atomic mass is 10.2. The first-order valence-corrected chi connectivity index (χ1v) is 6.82. The van der Waals surface area contributed by atoms with Crippen LogP contribution in [0.2, 0.25) is 0 Å². The van der Waals surface area contributed by atoms with Crippen LogP contribution in [0.3, 0.4) is 0 Å². The second kappa shape index (κ2) is 7.20. The van der Waals surface area contributed by atoms with Crippen LogP contribution < -0.4 is 10.7 Å². The molecule has 0 saturated heterocycles. The maximum Gasteiger partial charge on any atom is 0.329 e. The van der Waals surface area contributed by atoms with Crippen LogP contribution >= 0.6 is 11.3 Å². The highest BCUT2D eigenvalue weighted by molar-refractivity contribution is 7.11. The number of benzene rings is 1. The van der Waals surface area contributed by atoms with Crippen LogP contribution in [0.5, 0.6) is 0 Å². The van der Waals surface area contributed by atoms with Crippen molar-refractivity contribution in [3.05, 3.63) is 58.3 Å². The Morgan fingerprint density at radius 3 is 2.60 bits per heavy atom. The Balaban J connectivity index is 1.76. The van der Waals surface area contributed by atoms with Gasteiger partial charge in [-0.1, -0.05) is 36.4 Å². The number of nitrogens with one attached hydrogen (secondary N) is 2. The standard InChI is InChI=1S/C14H13N3O2S/c18-13(15-9-11-5-2-1-3-6-11)14(19)17-16-10-12-7-4-8-20-12/h1-8,10H,9H2,(H,15,18)(H,17,19)/b16-10+. The topological polar surface area (TPSA) is 70.6 Å². The number of carbonyl (C=O) groups excluding carboxylic acids is 2. The third-order valence-corrected chi connectivity index (χ3v) is 3.21. The van der Waals surface area contributed by atoms with Gasteiger partial charge in [-0.05, 0) is 17.0 Å². The van der Waals surface area contributed by atoms with Crippen LogP contribution in [-0.4, -0.2) is 18.0 Å². The quantitative estimate of drug-likeness (QED) is 0.508. The third-order valence-electron chi connectivity index (χ3n) is 2.40. The first-order chi connectivity index (χ1) is 9.75. The van der Waals surface area contributed by atoms with Gasteiger partial charge < -0.3 is 5.32 Å². The number of carbonyl (C=O) groups is 2. The summed E-state index contributed by atoms with van der Waals surface area (Å²) in [6, 6.07) is 13.1. The summed E-state index contributed by atoms with van der Waals surface area (Å²) in [5.41, 5.74) is 3.11. The normalized spacial score (nSPS) is 10.4. The molecule has 0 aliphatic carbocycles. The van der Waals surface area contributed by atoms with Gasteiger partial charge in [0.1, 0.15) is 0 Å². The van der Waals surface area contributed by atoms with E-state index in [2.05, 4.69) is 15.8 Å². The molecule has 0 aliphatic rings. The first kappa shape index (κ1) is 14.0. The minimum atomic E-state index is -0.784. The summed E-state index contributed by atoms with van der Waals surface area (Å²) in [7, 11) is 0. The molecule has 2 aromatic rings. The SMILES string of the molecule is O=C(NCc1ccccc1)C(=O)N/N=C/c1cccs1. The Bertz CT molecular complexity index is 594. The van der Waals surface area contributed by atoms with Crippen LogP contribution in [0.15, 0.2) is 52.9 Å². The molecule has 0 unspecified atom stereocenters. The van der Waals surface area contributed by atoms with Gasteiger partial charge in [0, 0.05) is 11.4 Å². The van der Waals surface area contributed by atoms with Gasteiger partial charge in [0.2, 0.25) is 0 Å². The van der Waals surface area contributed by atoms with E-state index in [0.29, 0.717) is 6.54 Å². The molecule has 0 atom stereocenters. The summed E-state index contributed by atoms with van der Waals surface area (Å²) in [6.07, 6.45) is 1.49. The van der Waals surface area contributed by atoms with Crippen LogP contribution in [0, 0.1) is 0 Å². The van der Waals surface area contributed by atoms with Gasteiger partial charge in [-0.2, -0.15) is 5.10 Å². The van der Waals surface area contributed by atoms with Crippen LogP contribution in [0.1, 0.15) is 10.4 Å². The molecule has 0 saturated carbocycles. The Hall–Kier alpha value is -2.47. The van der Waals surface area contributed by atoms with Crippen molar-refractivity contribution in [1.29, 1.82) is 0 Å². The predicted octanol–water partition coefficient (Wildman–Crippen LogP) is 1.51. The van der Waals surface area contributed by atoms with Gasteiger partial charge in [0.25, 0.3) is 0 Å². The van der Waals surface area contributed by atoms with Gasteiger partial charge >= 0.3 is 11.8 Å². The monoisotopic (exact) mass is 287 g/mol. The molecule has 0 bridgehead atoms. The van der Waals surface area contributed by atoms with Crippen LogP contribution in [-0.2, 0) is 16.1 Å². The smallest absolute Gasteiger partial charge is 0.329 e. The molecule has 102 valence electrons. The zero-order valence-corrected chi connectivity index (χ0v) is 11.4. The van der Waals surface area contributed by atoms with Crippen molar-refractivity contribution in [1.82, 2.24) is 10.7 Å². The molecule has 0 aliphatic heterocycles.